The number of hydrogen-bond acceptors (Lipinski definition) is 10. The lowest BCUT2D eigenvalue weighted by atomic mass is 10.0. The first-order valence-electron chi connectivity index (χ1n) is 17.1. The largest absolute Gasteiger partial charge is 0.458 e. The van der Waals surface area contributed by atoms with E-state index in [9.17, 15) is 24.0 Å². The van der Waals surface area contributed by atoms with Crippen LogP contribution in [0.5, 0.6) is 0 Å². The van der Waals surface area contributed by atoms with Crippen LogP contribution in [0.25, 0.3) is 11.5 Å². The highest BCUT2D eigenvalue weighted by Gasteiger charge is 2.31. The van der Waals surface area contributed by atoms with Gasteiger partial charge in [0.05, 0.1) is 19.1 Å². The Morgan fingerprint density at radius 3 is 2.38 bits per heavy atom. The summed E-state index contributed by atoms with van der Waals surface area (Å²) in [5.74, 6) is -1.44. The van der Waals surface area contributed by atoms with E-state index in [1.165, 1.54) is 23.2 Å². The Bertz CT molecular complexity index is 1840. The summed E-state index contributed by atoms with van der Waals surface area (Å²) in [5, 5.41) is 20.2. The Balaban J connectivity index is 1.44. The monoisotopic (exact) mass is 731 g/mol. The van der Waals surface area contributed by atoms with E-state index in [-0.39, 0.29) is 43.1 Å². The van der Waals surface area contributed by atoms with Gasteiger partial charge < -0.3 is 30.6 Å². The van der Waals surface area contributed by atoms with Crippen LogP contribution in [-0.4, -0.2) is 99.3 Å². The van der Waals surface area contributed by atoms with Crippen molar-refractivity contribution in [1.29, 1.82) is 0 Å². The number of carbonyl (C=O) groups excluding carboxylic acids is 5. The van der Waals surface area contributed by atoms with Crippen molar-refractivity contribution in [2.24, 2.45) is 5.92 Å². The minimum Gasteiger partial charge on any atom is -0.458 e. The number of nitrogens with zero attached hydrogens (tertiary/aromatic N) is 4. The lowest BCUT2D eigenvalue weighted by Crippen LogP contribution is -2.57. The number of amides is 5. The van der Waals surface area contributed by atoms with Gasteiger partial charge in [-0.3, -0.25) is 34.0 Å². The van der Waals surface area contributed by atoms with Gasteiger partial charge in [0.25, 0.3) is 5.91 Å². The third-order valence-corrected chi connectivity index (χ3v) is 9.65. The quantitative estimate of drug-likeness (QED) is 0.198. The van der Waals surface area contributed by atoms with Gasteiger partial charge in [-0.05, 0) is 49.9 Å². The predicted molar refractivity (Wildman–Crippen MR) is 194 cm³/mol. The molecule has 5 rings (SSSR count). The smallest absolute Gasteiger partial charge is 0.271 e. The van der Waals surface area contributed by atoms with Gasteiger partial charge in [-0.2, -0.15) is 5.10 Å². The molecule has 0 unspecified atom stereocenters. The molecule has 0 aliphatic carbocycles. The Hall–Kier alpha value is -5.35. The number of aromatic nitrogens is 3. The number of thiazole rings is 1. The zero-order valence-corrected chi connectivity index (χ0v) is 30.7. The van der Waals surface area contributed by atoms with Gasteiger partial charge in [-0.15, -0.1) is 11.3 Å². The lowest BCUT2D eigenvalue weighted by Gasteiger charge is -2.28. The molecule has 0 spiro atoms. The van der Waals surface area contributed by atoms with Gasteiger partial charge in [0.15, 0.2) is 5.76 Å². The van der Waals surface area contributed by atoms with Crippen LogP contribution >= 0.6 is 11.3 Å². The van der Waals surface area contributed by atoms with Crippen molar-refractivity contribution in [3.63, 3.8) is 0 Å². The van der Waals surface area contributed by atoms with Gasteiger partial charge in [0.1, 0.15) is 40.3 Å². The normalized spacial score (nSPS) is 22.0. The minimum atomic E-state index is -0.999. The number of fused-ring (bicyclic) bond motifs is 2. The maximum Gasteiger partial charge on any atom is 0.271 e. The Labute approximate surface area is 305 Å². The average Bonchev–Trinajstić information content (AvgIpc) is 3.91. The molecule has 276 valence electrons. The summed E-state index contributed by atoms with van der Waals surface area (Å²) in [6.45, 7) is 7.39. The van der Waals surface area contributed by atoms with Crippen LogP contribution in [0.4, 0.5) is 0 Å². The maximum atomic E-state index is 13.8. The van der Waals surface area contributed by atoms with E-state index in [2.05, 4.69) is 36.4 Å². The maximum absolute atomic E-state index is 13.8. The van der Waals surface area contributed by atoms with Crippen molar-refractivity contribution in [3.8, 4) is 11.5 Å². The summed E-state index contributed by atoms with van der Waals surface area (Å²) in [6, 6.07) is 11.6. The second-order valence-electron chi connectivity index (χ2n) is 13.2. The van der Waals surface area contributed by atoms with Crippen molar-refractivity contribution in [1.82, 2.24) is 46.2 Å². The molecule has 16 heteroatoms. The fourth-order valence-corrected chi connectivity index (χ4v) is 6.58. The molecular weight excluding hydrogens is 687 g/mol. The first-order chi connectivity index (χ1) is 24.9. The molecule has 5 N–H and O–H groups in total. The molecule has 4 atom stereocenters. The summed E-state index contributed by atoms with van der Waals surface area (Å²) in [7, 11) is 1.63. The molecule has 2 bridgehead atoms. The summed E-state index contributed by atoms with van der Waals surface area (Å²) in [4.78, 5) is 74.9. The average molecular weight is 732 g/mol. The molecule has 15 nitrogen and oxygen atoms in total. The van der Waals surface area contributed by atoms with Crippen LogP contribution in [0, 0.1) is 5.92 Å². The van der Waals surface area contributed by atoms with Gasteiger partial charge in [-0.1, -0.05) is 44.2 Å². The van der Waals surface area contributed by atoms with E-state index in [1.807, 2.05) is 47.4 Å². The molecule has 4 aromatic rings. The second kappa shape index (κ2) is 17.2. The molecule has 1 aliphatic heterocycles. The van der Waals surface area contributed by atoms with Gasteiger partial charge in [0.2, 0.25) is 23.6 Å². The zero-order chi connectivity index (χ0) is 37.4. The Morgan fingerprint density at radius 1 is 0.904 bits per heavy atom. The van der Waals surface area contributed by atoms with Crippen LogP contribution in [0.2, 0.25) is 0 Å². The lowest BCUT2D eigenvalue weighted by molar-refractivity contribution is -0.136. The van der Waals surface area contributed by atoms with Crippen molar-refractivity contribution >= 4 is 40.9 Å². The molecule has 0 saturated heterocycles. The van der Waals surface area contributed by atoms with E-state index in [4.69, 9.17) is 4.42 Å². The SMILES string of the molecule is CC(C)[C@@H]1NC(=O)[C@H](C)NC(=O)c2csc(n2)[C@H](Cc2ccccc2)NC(=O)CN(Cc2ccc(-c3ccn[nH]3)o2)CCN(C)C(=O)[C@@H](C)NC1=O. The second-order valence-corrected chi connectivity index (χ2v) is 14.1. The Kier molecular flexibility index (Phi) is 12.6. The molecule has 0 fully saturated rings. The van der Waals surface area contributed by atoms with Crippen LogP contribution in [0.3, 0.4) is 0 Å². The summed E-state index contributed by atoms with van der Waals surface area (Å²) in [6.07, 6.45) is 2.04. The summed E-state index contributed by atoms with van der Waals surface area (Å²) >= 11 is 1.23. The molecule has 4 heterocycles. The highest BCUT2D eigenvalue weighted by molar-refractivity contribution is 7.09. The van der Waals surface area contributed by atoms with Crippen molar-refractivity contribution in [2.75, 3.05) is 26.7 Å². The first-order valence-corrected chi connectivity index (χ1v) is 18.0. The number of likely N-dealkylation sites (N-methyl/N-ethyl adjacent to an activating group) is 1. The van der Waals surface area contributed by atoms with Crippen molar-refractivity contribution in [2.45, 2.75) is 64.8 Å². The standard InChI is InChI=1S/C36H45N9O6S/c1-21(2)31-34(49)39-23(4)36(50)44(5)15-16-45(18-25-11-12-29(51-25)26-13-14-37-43-26)19-30(46)40-27(17-24-9-7-6-8-10-24)35-41-28(20-52-35)33(48)38-22(3)32(47)42-31/h6-14,20-23,27,31H,15-19H2,1-5H3,(H,37,43)(H,38,48)(H,39,49)(H,40,46)(H,42,47)/t22-,23+,27-,31-/m0/s1. The van der Waals surface area contributed by atoms with E-state index >= 15 is 0 Å². The number of nitrogens with one attached hydrogen (secondary N) is 5. The third-order valence-electron chi connectivity index (χ3n) is 8.69. The highest BCUT2D eigenvalue weighted by atomic mass is 32.1. The van der Waals surface area contributed by atoms with Gasteiger partial charge >= 0.3 is 0 Å². The Morgan fingerprint density at radius 2 is 1.67 bits per heavy atom. The first kappa shape index (κ1) is 37.9. The van der Waals surface area contributed by atoms with Crippen LogP contribution in [-0.2, 0) is 32.1 Å². The molecule has 1 aromatic carbocycles. The van der Waals surface area contributed by atoms with Crippen LogP contribution in [0.15, 0.2) is 64.5 Å². The van der Waals surface area contributed by atoms with Crippen LogP contribution in [0.1, 0.15) is 60.6 Å². The molecule has 5 amide bonds. The summed E-state index contributed by atoms with van der Waals surface area (Å²) in [5.41, 5.74) is 1.76. The minimum absolute atomic E-state index is 0.0419. The van der Waals surface area contributed by atoms with E-state index in [1.54, 1.807) is 45.5 Å². The van der Waals surface area contributed by atoms with Gasteiger partial charge in [-0.25, -0.2) is 4.98 Å². The van der Waals surface area contributed by atoms with E-state index in [0.717, 1.165) is 5.56 Å². The molecule has 52 heavy (non-hydrogen) atoms. The fraction of sp³-hybridized carbons (Fsp3) is 0.417. The van der Waals surface area contributed by atoms with Gasteiger partial charge in [0, 0.05) is 31.7 Å². The van der Waals surface area contributed by atoms with Crippen LogP contribution < -0.4 is 21.3 Å². The number of aromatic amines is 1. The predicted octanol–water partition coefficient (Wildman–Crippen LogP) is 2.26. The number of H-pyrrole nitrogens is 1. The third kappa shape index (κ3) is 9.91. The highest BCUT2D eigenvalue weighted by Crippen LogP contribution is 2.24. The van der Waals surface area contributed by atoms with E-state index < -0.39 is 41.9 Å². The summed E-state index contributed by atoms with van der Waals surface area (Å²) < 4.78 is 6.07. The molecule has 1 aliphatic rings. The van der Waals surface area contributed by atoms with Crippen molar-refractivity contribution < 1.29 is 28.4 Å². The number of rotatable bonds is 6. The molecule has 0 saturated carbocycles. The fourth-order valence-electron chi connectivity index (χ4n) is 5.73. The number of benzene rings is 1. The van der Waals surface area contributed by atoms with Crippen molar-refractivity contribution in [3.05, 3.63) is 82.1 Å². The molecule has 3 aromatic heterocycles. The number of furan rings is 1. The topological polar surface area (TPSA) is 195 Å². The number of carbonyl (C=O) groups is 5. The molecular formula is C36H45N9O6S. The molecule has 0 radical (unpaired) electrons. The number of hydrogen-bond donors (Lipinski definition) is 5. The van der Waals surface area contributed by atoms with E-state index in [0.29, 0.717) is 35.2 Å². The zero-order valence-electron chi connectivity index (χ0n) is 29.8.